The molecule has 1 aliphatic rings. The van der Waals surface area contributed by atoms with Gasteiger partial charge in [0.2, 0.25) is 0 Å². The maximum absolute atomic E-state index is 12.8. The molecule has 1 atom stereocenters. The minimum absolute atomic E-state index is 0.0253. The molecule has 1 N–H and O–H groups in total. The van der Waals surface area contributed by atoms with Crippen molar-refractivity contribution in [1.29, 1.82) is 5.26 Å². The van der Waals surface area contributed by atoms with E-state index in [1.165, 1.54) is 0 Å². The molecule has 122 valence electrons. The molecule has 1 aliphatic heterocycles. The fraction of sp³-hybridized carbons (Fsp3) is 0.105. The molecule has 3 aromatic rings. The first-order chi connectivity index (χ1) is 12.3. The van der Waals surface area contributed by atoms with Crippen molar-refractivity contribution >= 4 is 22.9 Å². The van der Waals surface area contributed by atoms with E-state index in [0.717, 1.165) is 16.3 Å². The summed E-state index contributed by atoms with van der Waals surface area (Å²) in [5.74, 6) is -0.0253. The largest absolute Gasteiger partial charge is 0.360 e. The second kappa shape index (κ2) is 6.38. The lowest BCUT2D eigenvalue weighted by molar-refractivity contribution is 0.0729. The third kappa shape index (κ3) is 2.86. The second-order valence-corrected chi connectivity index (χ2v) is 6.72. The Morgan fingerprint density at radius 1 is 1.20 bits per heavy atom. The number of hydrogen-bond donors (Lipinski definition) is 1. The second-order valence-electron chi connectivity index (χ2n) is 5.68. The first-order valence-electron chi connectivity index (χ1n) is 7.81. The molecule has 0 saturated carbocycles. The molecule has 5 nitrogen and oxygen atoms in total. The van der Waals surface area contributed by atoms with Crippen LogP contribution in [-0.4, -0.2) is 15.8 Å². The molecule has 3 heterocycles. The summed E-state index contributed by atoms with van der Waals surface area (Å²) in [6, 6.07) is 16.9. The summed E-state index contributed by atoms with van der Waals surface area (Å²) in [5, 5.41) is 14.3. The van der Waals surface area contributed by atoms with Crippen LogP contribution < -0.4 is 5.32 Å². The van der Waals surface area contributed by atoms with Crippen LogP contribution in [0.5, 0.6) is 0 Å². The number of nitrogens with zero attached hydrogens (tertiary/aromatic N) is 3. The fourth-order valence-electron chi connectivity index (χ4n) is 2.91. The van der Waals surface area contributed by atoms with Crippen LogP contribution in [0.25, 0.3) is 0 Å². The molecule has 4 rings (SSSR count). The monoisotopic (exact) mass is 346 g/mol. The molecule has 0 fully saturated rings. The summed E-state index contributed by atoms with van der Waals surface area (Å²) in [7, 11) is 0. The van der Waals surface area contributed by atoms with Crippen LogP contribution in [0.4, 0.5) is 5.69 Å². The third-order valence-corrected chi connectivity index (χ3v) is 4.99. The number of nitrogens with one attached hydrogen (secondary N) is 1. The van der Waals surface area contributed by atoms with E-state index >= 15 is 0 Å². The van der Waals surface area contributed by atoms with Gasteiger partial charge in [-0.05, 0) is 47.8 Å². The molecule has 25 heavy (non-hydrogen) atoms. The highest BCUT2D eigenvalue weighted by Crippen LogP contribution is 2.34. The van der Waals surface area contributed by atoms with E-state index in [9.17, 15) is 4.79 Å². The lowest BCUT2D eigenvalue weighted by Crippen LogP contribution is -2.31. The zero-order valence-electron chi connectivity index (χ0n) is 13.2. The van der Waals surface area contributed by atoms with Gasteiger partial charge in [0, 0.05) is 16.8 Å². The maximum Gasteiger partial charge on any atom is 0.258 e. The van der Waals surface area contributed by atoms with Crippen LogP contribution in [0.2, 0.25) is 0 Å². The van der Waals surface area contributed by atoms with Crippen molar-refractivity contribution in [3.05, 3.63) is 81.8 Å². The van der Waals surface area contributed by atoms with Crippen molar-refractivity contribution in [3.8, 4) is 6.07 Å². The topological polar surface area (TPSA) is 69.0 Å². The average molecular weight is 346 g/mol. The molecule has 0 saturated heterocycles. The minimum atomic E-state index is -0.335. The van der Waals surface area contributed by atoms with E-state index in [-0.39, 0.29) is 12.1 Å². The smallest absolute Gasteiger partial charge is 0.258 e. The highest BCUT2D eigenvalue weighted by Gasteiger charge is 2.37. The van der Waals surface area contributed by atoms with Crippen LogP contribution in [0.15, 0.2) is 60.1 Å². The highest BCUT2D eigenvalue weighted by atomic mass is 32.1. The van der Waals surface area contributed by atoms with Gasteiger partial charge in [-0.1, -0.05) is 6.07 Å². The number of carbonyl (C=O) groups excluding carboxylic acids is 1. The first kappa shape index (κ1) is 15.4. The number of fused-ring (bicyclic) bond motifs is 1. The molecule has 0 unspecified atom stereocenters. The Kier molecular flexibility index (Phi) is 3.92. The highest BCUT2D eigenvalue weighted by molar-refractivity contribution is 7.09. The molecule has 0 radical (unpaired) electrons. The molecular weight excluding hydrogens is 332 g/mol. The number of pyridine rings is 1. The summed E-state index contributed by atoms with van der Waals surface area (Å²) in [6.07, 6.45) is 1.37. The van der Waals surface area contributed by atoms with Crippen molar-refractivity contribution in [2.24, 2.45) is 0 Å². The van der Waals surface area contributed by atoms with Gasteiger partial charge in [-0.2, -0.15) is 5.26 Å². The van der Waals surface area contributed by atoms with Gasteiger partial charge in [-0.25, -0.2) is 0 Å². The van der Waals surface area contributed by atoms with E-state index in [1.807, 2.05) is 35.7 Å². The number of rotatable bonds is 4. The SMILES string of the molecule is N#Cc1ccc(N[C@@H]2c3ncccc3C(=O)N2Cc2cccs2)cc1. The van der Waals surface area contributed by atoms with Gasteiger partial charge < -0.3 is 10.2 Å². The van der Waals surface area contributed by atoms with Gasteiger partial charge in [0.05, 0.1) is 29.4 Å². The summed E-state index contributed by atoms with van der Waals surface area (Å²) in [5.41, 5.74) is 2.80. The van der Waals surface area contributed by atoms with Gasteiger partial charge in [0.1, 0.15) is 6.17 Å². The minimum Gasteiger partial charge on any atom is -0.360 e. The Bertz CT molecular complexity index is 944. The van der Waals surface area contributed by atoms with Gasteiger partial charge in [-0.15, -0.1) is 11.3 Å². The quantitative estimate of drug-likeness (QED) is 0.780. The van der Waals surface area contributed by atoms with E-state index in [0.29, 0.717) is 17.7 Å². The van der Waals surface area contributed by atoms with Crippen LogP contribution in [0.1, 0.15) is 32.7 Å². The average Bonchev–Trinajstić information content (AvgIpc) is 3.25. The normalized spacial score (nSPS) is 15.7. The molecule has 1 amide bonds. The summed E-state index contributed by atoms with van der Waals surface area (Å²) < 4.78 is 0. The van der Waals surface area contributed by atoms with Crippen LogP contribution >= 0.6 is 11.3 Å². The molecule has 2 aromatic heterocycles. The number of aromatic nitrogens is 1. The number of thiophene rings is 1. The Morgan fingerprint density at radius 2 is 2.04 bits per heavy atom. The molecule has 6 heteroatoms. The predicted octanol–water partition coefficient (Wildman–Crippen LogP) is 3.78. The van der Waals surface area contributed by atoms with Crippen LogP contribution in [0, 0.1) is 11.3 Å². The molecule has 0 spiro atoms. The van der Waals surface area contributed by atoms with Crippen LogP contribution in [0.3, 0.4) is 0 Å². The summed E-state index contributed by atoms with van der Waals surface area (Å²) in [6.45, 7) is 0.529. The number of anilines is 1. The van der Waals surface area contributed by atoms with Crippen molar-refractivity contribution in [1.82, 2.24) is 9.88 Å². The van der Waals surface area contributed by atoms with Gasteiger partial charge in [0.25, 0.3) is 5.91 Å². The number of amides is 1. The molecule has 1 aromatic carbocycles. The molecular formula is C19H14N4OS. The standard InChI is InChI=1S/C19H14N4OS/c20-11-13-5-7-14(8-6-13)22-18-17-16(4-1-9-21-17)19(24)23(18)12-15-3-2-10-25-15/h1-10,18,22H,12H2/t18-/m0/s1. The van der Waals surface area contributed by atoms with Crippen molar-refractivity contribution in [3.63, 3.8) is 0 Å². The molecule has 0 bridgehead atoms. The van der Waals surface area contributed by atoms with Gasteiger partial charge in [0.15, 0.2) is 0 Å². The van der Waals surface area contributed by atoms with Crippen molar-refractivity contribution < 1.29 is 4.79 Å². The summed E-state index contributed by atoms with van der Waals surface area (Å²) >= 11 is 1.63. The first-order valence-corrected chi connectivity index (χ1v) is 8.69. The van der Waals surface area contributed by atoms with E-state index in [2.05, 4.69) is 16.4 Å². The number of hydrogen-bond acceptors (Lipinski definition) is 5. The third-order valence-electron chi connectivity index (χ3n) is 4.12. The number of nitriles is 1. The lowest BCUT2D eigenvalue weighted by Gasteiger charge is -2.26. The Morgan fingerprint density at radius 3 is 2.76 bits per heavy atom. The maximum atomic E-state index is 12.8. The Hall–Kier alpha value is -3.17. The molecule has 0 aliphatic carbocycles. The Balaban J connectivity index is 1.67. The van der Waals surface area contributed by atoms with Gasteiger partial charge >= 0.3 is 0 Å². The van der Waals surface area contributed by atoms with Crippen LogP contribution in [-0.2, 0) is 6.54 Å². The number of carbonyl (C=O) groups is 1. The Labute approximate surface area is 149 Å². The van der Waals surface area contributed by atoms with Gasteiger partial charge in [-0.3, -0.25) is 9.78 Å². The zero-order chi connectivity index (χ0) is 17.2. The van der Waals surface area contributed by atoms with E-state index < -0.39 is 0 Å². The van der Waals surface area contributed by atoms with E-state index in [1.54, 1.807) is 40.6 Å². The van der Waals surface area contributed by atoms with Crippen molar-refractivity contribution in [2.45, 2.75) is 12.7 Å². The predicted molar refractivity (Wildman–Crippen MR) is 96.0 cm³/mol. The summed E-state index contributed by atoms with van der Waals surface area (Å²) in [4.78, 5) is 20.2. The fourth-order valence-corrected chi connectivity index (χ4v) is 3.62. The van der Waals surface area contributed by atoms with E-state index in [4.69, 9.17) is 5.26 Å². The lowest BCUT2D eigenvalue weighted by atomic mass is 10.2. The number of benzene rings is 1. The zero-order valence-corrected chi connectivity index (χ0v) is 14.0. The van der Waals surface area contributed by atoms with Crippen molar-refractivity contribution in [2.75, 3.05) is 5.32 Å².